The molecule has 0 spiro atoms. The van der Waals surface area contributed by atoms with Gasteiger partial charge in [0.2, 0.25) is 0 Å². The fourth-order valence-electron chi connectivity index (χ4n) is 2.28. The van der Waals surface area contributed by atoms with Crippen LogP contribution in [0.5, 0.6) is 0 Å². The standard InChI is InChI=1S/C14H15N3O/c18-14-12-6-7-15-8-13(12)16-10-17(14)9-11-4-2-1-3-5-11/h1-5,10,15H,6-9H2. The SMILES string of the molecule is O=c1c2c(ncn1Cc1ccccc1)CNCC2. The first kappa shape index (κ1) is 11.2. The maximum absolute atomic E-state index is 12.3. The van der Waals surface area contributed by atoms with Gasteiger partial charge >= 0.3 is 0 Å². The van der Waals surface area contributed by atoms with Gasteiger partial charge in [-0.15, -0.1) is 0 Å². The molecular weight excluding hydrogens is 226 g/mol. The average molecular weight is 241 g/mol. The van der Waals surface area contributed by atoms with Crippen molar-refractivity contribution in [2.24, 2.45) is 0 Å². The highest BCUT2D eigenvalue weighted by Gasteiger charge is 2.14. The molecule has 0 saturated carbocycles. The van der Waals surface area contributed by atoms with E-state index >= 15 is 0 Å². The molecule has 2 heterocycles. The van der Waals surface area contributed by atoms with Crippen molar-refractivity contribution in [3.8, 4) is 0 Å². The Hall–Kier alpha value is -1.94. The van der Waals surface area contributed by atoms with Gasteiger partial charge in [0.15, 0.2) is 0 Å². The Balaban J connectivity index is 1.96. The van der Waals surface area contributed by atoms with Crippen LogP contribution >= 0.6 is 0 Å². The predicted octanol–water partition coefficient (Wildman–Crippen LogP) is 0.937. The fourth-order valence-corrected chi connectivity index (χ4v) is 2.28. The van der Waals surface area contributed by atoms with Gasteiger partial charge in [0, 0.05) is 12.1 Å². The molecule has 92 valence electrons. The van der Waals surface area contributed by atoms with E-state index in [-0.39, 0.29) is 5.56 Å². The van der Waals surface area contributed by atoms with Crippen molar-refractivity contribution in [2.75, 3.05) is 6.54 Å². The largest absolute Gasteiger partial charge is 0.311 e. The molecule has 3 rings (SSSR count). The van der Waals surface area contributed by atoms with E-state index in [4.69, 9.17) is 0 Å². The van der Waals surface area contributed by atoms with Crippen molar-refractivity contribution in [1.82, 2.24) is 14.9 Å². The van der Waals surface area contributed by atoms with Crippen molar-refractivity contribution < 1.29 is 0 Å². The van der Waals surface area contributed by atoms with Crippen molar-refractivity contribution in [2.45, 2.75) is 19.5 Å². The van der Waals surface area contributed by atoms with E-state index in [1.165, 1.54) is 0 Å². The Bertz CT molecular complexity index is 604. The smallest absolute Gasteiger partial charge is 0.257 e. The molecule has 1 aromatic carbocycles. The monoisotopic (exact) mass is 241 g/mol. The van der Waals surface area contributed by atoms with Crippen LogP contribution in [-0.2, 0) is 19.5 Å². The molecule has 4 heteroatoms. The van der Waals surface area contributed by atoms with Crippen LogP contribution in [0.3, 0.4) is 0 Å². The van der Waals surface area contributed by atoms with Crippen molar-refractivity contribution in [1.29, 1.82) is 0 Å². The third-order valence-corrected chi connectivity index (χ3v) is 3.26. The van der Waals surface area contributed by atoms with Gasteiger partial charge < -0.3 is 5.32 Å². The highest BCUT2D eigenvalue weighted by atomic mass is 16.1. The van der Waals surface area contributed by atoms with Crippen LogP contribution in [0.15, 0.2) is 41.5 Å². The summed E-state index contributed by atoms with van der Waals surface area (Å²) in [6.45, 7) is 2.16. The summed E-state index contributed by atoms with van der Waals surface area (Å²) in [5, 5.41) is 3.23. The lowest BCUT2D eigenvalue weighted by atomic mass is 10.1. The lowest BCUT2D eigenvalue weighted by molar-refractivity contribution is 0.596. The molecule has 0 fully saturated rings. The Kier molecular flexibility index (Phi) is 2.94. The van der Waals surface area contributed by atoms with Crippen LogP contribution in [0.1, 0.15) is 16.8 Å². The third-order valence-electron chi connectivity index (χ3n) is 3.26. The van der Waals surface area contributed by atoms with Gasteiger partial charge in [0.05, 0.1) is 18.6 Å². The molecule has 0 saturated heterocycles. The second kappa shape index (κ2) is 4.74. The Morgan fingerprint density at radius 1 is 1.28 bits per heavy atom. The molecule has 1 aliphatic heterocycles. The number of aromatic nitrogens is 2. The summed E-state index contributed by atoms with van der Waals surface area (Å²) in [6.07, 6.45) is 2.43. The maximum Gasteiger partial charge on any atom is 0.257 e. The van der Waals surface area contributed by atoms with E-state index in [0.29, 0.717) is 13.1 Å². The zero-order valence-corrected chi connectivity index (χ0v) is 10.1. The Morgan fingerprint density at radius 3 is 2.94 bits per heavy atom. The first-order valence-corrected chi connectivity index (χ1v) is 6.16. The summed E-state index contributed by atoms with van der Waals surface area (Å²) >= 11 is 0. The fraction of sp³-hybridized carbons (Fsp3) is 0.286. The molecule has 0 radical (unpaired) electrons. The van der Waals surface area contributed by atoms with Crippen molar-refractivity contribution in [3.05, 3.63) is 63.8 Å². The summed E-state index contributed by atoms with van der Waals surface area (Å²) in [5.74, 6) is 0. The molecule has 0 bridgehead atoms. The summed E-state index contributed by atoms with van der Waals surface area (Å²) in [5.41, 5.74) is 2.99. The second-order valence-corrected chi connectivity index (χ2v) is 4.52. The minimum absolute atomic E-state index is 0.102. The number of hydrogen-bond acceptors (Lipinski definition) is 3. The lowest BCUT2D eigenvalue weighted by Crippen LogP contribution is -2.34. The molecule has 2 aromatic rings. The molecular formula is C14H15N3O. The summed E-state index contributed by atoms with van der Waals surface area (Å²) < 4.78 is 1.69. The van der Waals surface area contributed by atoms with Gasteiger partial charge in [0.25, 0.3) is 5.56 Å². The number of rotatable bonds is 2. The predicted molar refractivity (Wildman–Crippen MR) is 69.5 cm³/mol. The van der Waals surface area contributed by atoms with E-state index in [0.717, 1.165) is 29.8 Å². The average Bonchev–Trinajstić information content (AvgIpc) is 2.43. The maximum atomic E-state index is 12.3. The normalized spacial score (nSPS) is 14.2. The van der Waals surface area contributed by atoms with Crippen LogP contribution < -0.4 is 10.9 Å². The first-order chi connectivity index (χ1) is 8.84. The van der Waals surface area contributed by atoms with E-state index in [9.17, 15) is 4.79 Å². The van der Waals surface area contributed by atoms with E-state index in [1.54, 1.807) is 10.9 Å². The van der Waals surface area contributed by atoms with E-state index in [1.807, 2.05) is 30.3 Å². The summed E-state index contributed by atoms with van der Waals surface area (Å²) in [4.78, 5) is 16.7. The van der Waals surface area contributed by atoms with Gasteiger partial charge in [-0.1, -0.05) is 30.3 Å². The lowest BCUT2D eigenvalue weighted by Gasteiger charge is -2.16. The molecule has 18 heavy (non-hydrogen) atoms. The number of nitrogens with zero attached hydrogens (tertiary/aromatic N) is 2. The number of fused-ring (bicyclic) bond motifs is 1. The van der Waals surface area contributed by atoms with E-state index in [2.05, 4.69) is 10.3 Å². The minimum Gasteiger partial charge on any atom is -0.311 e. The summed E-state index contributed by atoms with van der Waals surface area (Å²) in [6, 6.07) is 9.98. The van der Waals surface area contributed by atoms with Crippen LogP contribution in [-0.4, -0.2) is 16.1 Å². The zero-order chi connectivity index (χ0) is 12.4. The highest BCUT2D eigenvalue weighted by molar-refractivity contribution is 5.21. The van der Waals surface area contributed by atoms with Crippen LogP contribution in [0.25, 0.3) is 0 Å². The first-order valence-electron chi connectivity index (χ1n) is 6.16. The van der Waals surface area contributed by atoms with Crippen LogP contribution in [0, 0.1) is 0 Å². The molecule has 0 amide bonds. The van der Waals surface area contributed by atoms with Crippen molar-refractivity contribution >= 4 is 0 Å². The molecule has 1 aromatic heterocycles. The molecule has 1 aliphatic rings. The minimum atomic E-state index is 0.102. The second-order valence-electron chi connectivity index (χ2n) is 4.52. The molecule has 0 aliphatic carbocycles. The molecule has 0 unspecified atom stereocenters. The number of nitrogens with one attached hydrogen (secondary N) is 1. The van der Waals surface area contributed by atoms with Crippen molar-refractivity contribution in [3.63, 3.8) is 0 Å². The Morgan fingerprint density at radius 2 is 2.11 bits per heavy atom. The molecule has 1 N–H and O–H groups in total. The van der Waals surface area contributed by atoms with E-state index < -0.39 is 0 Å². The van der Waals surface area contributed by atoms with Gasteiger partial charge in [-0.05, 0) is 18.5 Å². The van der Waals surface area contributed by atoms with Gasteiger partial charge in [-0.3, -0.25) is 9.36 Å². The Labute approximate surface area is 105 Å². The van der Waals surface area contributed by atoms with Crippen LogP contribution in [0.2, 0.25) is 0 Å². The highest BCUT2D eigenvalue weighted by Crippen LogP contribution is 2.06. The quantitative estimate of drug-likeness (QED) is 0.851. The number of benzene rings is 1. The topological polar surface area (TPSA) is 46.9 Å². The third kappa shape index (κ3) is 2.07. The molecule has 4 nitrogen and oxygen atoms in total. The zero-order valence-electron chi connectivity index (χ0n) is 10.1. The van der Waals surface area contributed by atoms with Crippen LogP contribution in [0.4, 0.5) is 0 Å². The van der Waals surface area contributed by atoms with Gasteiger partial charge in [-0.25, -0.2) is 4.98 Å². The van der Waals surface area contributed by atoms with Gasteiger partial charge in [0.1, 0.15) is 0 Å². The molecule has 0 atom stereocenters. The summed E-state index contributed by atoms with van der Waals surface area (Å²) in [7, 11) is 0. The van der Waals surface area contributed by atoms with Gasteiger partial charge in [-0.2, -0.15) is 0 Å². The number of hydrogen-bond donors (Lipinski definition) is 1.